The molecule has 3 aliphatic rings. The van der Waals surface area contributed by atoms with Crippen molar-refractivity contribution in [3.63, 3.8) is 0 Å². The molecule has 0 saturated heterocycles. The van der Waals surface area contributed by atoms with Crippen LogP contribution in [0.15, 0.2) is 89.3 Å². The molecule has 0 radical (unpaired) electrons. The summed E-state index contributed by atoms with van der Waals surface area (Å²) in [5.41, 5.74) is 6.39. The van der Waals surface area contributed by atoms with Crippen LogP contribution in [-0.2, 0) is 20.8 Å². The third kappa shape index (κ3) is 7.11. The molecule has 3 aromatic rings. The Kier molecular flexibility index (Phi) is 9.36. The summed E-state index contributed by atoms with van der Waals surface area (Å²) in [4.78, 5) is 43.4. The molecular weight excluding hydrogens is 643 g/mol. The Bertz CT molecular complexity index is 1780. The van der Waals surface area contributed by atoms with Gasteiger partial charge in [-0.3, -0.25) is 14.4 Å². The maximum absolute atomic E-state index is 14.2. The second kappa shape index (κ2) is 13.2. The Balaban J connectivity index is 1.38. The monoisotopic (exact) mass is 684 g/mol. The van der Waals surface area contributed by atoms with Crippen LogP contribution in [0, 0.1) is 17.8 Å². The highest BCUT2D eigenvalue weighted by Crippen LogP contribution is 2.55. The lowest BCUT2D eigenvalue weighted by Gasteiger charge is -2.49. The first-order valence-electron chi connectivity index (χ1n) is 16.5. The Labute approximate surface area is 293 Å². The summed E-state index contributed by atoms with van der Waals surface area (Å²) < 4.78 is 5.83. The summed E-state index contributed by atoms with van der Waals surface area (Å²) in [7, 11) is 0. The number of anilines is 1. The zero-order valence-electron chi connectivity index (χ0n) is 28.2. The van der Waals surface area contributed by atoms with Gasteiger partial charge in [0.15, 0.2) is 23.9 Å². The number of Topliss-reactive ketones (excluding diaryl/α,β-unsaturated/α-hetero) is 2. The second-order valence-electron chi connectivity index (χ2n) is 14.9. The number of hydrogen-bond donors (Lipinski definition) is 1. The molecule has 1 amide bonds. The van der Waals surface area contributed by atoms with Gasteiger partial charge in [0.2, 0.25) is 0 Å². The SMILES string of the molecule is Cc1cccc(NC(=O)COc2c(Cl)cc(C3C4=C(CC(C)(C)CC4=O)N(CCc4ccccc4)C4=C3C(=O)CC(C)(C)C4)cc2Cl)c1. The highest BCUT2D eigenvalue weighted by molar-refractivity contribution is 6.37. The molecule has 250 valence electrons. The predicted octanol–water partition coefficient (Wildman–Crippen LogP) is 9.25. The summed E-state index contributed by atoms with van der Waals surface area (Å²) in [5, 5.41) is 3.25. The lowest BCUT2D eigenvalue weighted by atomic mass is 9.63. The van der Waals surface area contributed by atoms with Crippen molar-refractivity contribution in [3.05, 3.63) is 116 Å². The number of carbonyl (C=O) groups excluding carboxylic acids is 3. The third-order valence-electron chi connectivity index (χ3n) is 9.49. The fourth-order valence-corrected chi connectivity index (χ4v) is 8.09. The van der Waals surface area contributed by atoms with Crippen LogP contribution in [0.25, 0.3) is 0 Å². The lowest BCUT2D eigenvalue weighted by molar-refractivity contribution is -0.120. The van der Waals surface area contributed by atoms with E-state index in [1.807, 2.05) is 43.3 Å². The molecule has 0 saturated carbocycles. The van der Waals surface area contributed by atoms with Gasteiger partial charge >= 0.3 is 0 Å². The fraction of sp³-hybridized carbons (Fsp3) is 0.375. The number of nitrogens with zero attached hydrogens (tertiary/aromatic N) is 1. The van der Waals surface area contributed by atoms with Crippen molar-refractivity contribution in [1.29, 1.82) is 0 Å². The minimum absolute atomic E-state index is 0.0422. The number of carbonyl (C=O) groups is 3. The molecule has 48 heavy (non-hydrogen) atoms. The first-order valence-corrected chi connectivity index (χ1v) is 17.3. The largest absolute Gasteiger partial charge is 0.481 e. The van der Waals surface area contributed by atoms with Crippen LogP contribution >= 0.6 is 23.2 Å². The standard InChI is InChI=1S/C40H42Cl2N2O4/c1-24-10-9-13-27(16-24)43-34(47)23-48-38-28(41)17-26(18-29(38)42)35-36-30(19-39(2,3)21-32(36)45)44(15-14-25-11-7-6-8-12-25)31-20-40(4,5)22-33(46)37(31)35/h6-13,16-18,35H,14-15,19-23H2,1-5H3,(H,43,47). The Morgan fingerprint density at radius 3 is 1.98 bits per heavy atom. The highest BCUT2D eigenvalue weighted by atomic mass is 35.5. The molecule has 0 fully saturated rings. The first-order chi connectivity index (χ1) is 22.7. The van der Waals surface area contributed by atoms with E-state index >= 15 is 0 Å². The van der Waals surface area contributed by atoms with Gasteiger partial charge < -0.3 is 15.0 Å². The topological polar surface area (TPSA) is 75.7 Å². The number of ketones is 2. The molecule has 0 aromatic heterocycles. The molecule has 0 spiro atoms. The molecule has 0 atom stereocenters. The van der Waals surface area contributed by atoms with E-state index in [4.69, 9.17) is 27.9 Å². The van der Waals surface area contributed by atoms with Gasteiger partial charge in [-0.25, -0.2) is 0 Å². The molecule has 0 unspecified atom stereocenters. The lowest BCUT2D eigenvalue weighted by Crippen LogP contribution is -2.45. The molecule has 0 bridgehead atoms. The number of amides is 1. The number of rotatable bonds is 8. The molecule has 3 aromatic carbocycles. The van der Waals surface area contributed by atoms with Gasteiger partial charge in [0.05, 0.1) is 10.0 Å². The van der Waals surface area contributed by atoms with Crippen LogP contribution in [-0.4, -0.2) is 35.5 Å². The molecule has 1 aliphatic heterocycles. The van der Waals surface area contributed by atoms with Crippen molar-refractivity contribution < 1.29 is 19.1 Å². The maximum Gasteiger partial charge on any atom is 0.262 e. The van der Waals surface area contributed by atoms with Crippen molar-refractivity contribution in [2.45, 2.75) is 72.6 Å². The van der Waals surface area contributed by atoms with Crippen LogP contribution in [0.3, 0.4) is 0 Å². The van der Waals surface area contributed by atoms with E-state index in [0.717, 1.165) is 23.4 Å². The number of halogens is 2. The molecular formula is C40H42Cl2N2O4. The summed E-state index contributed by atoms with van der Waals surface area (Å²) in [6.45, 7) is 10.9. The van der Waals surface area contributed by atoms with Gasteiger partial charge in [0.1, 0.15) is 0 Å². The minimum Gasteiger partial charge on any atom is -0.481 e. The van der Waals surface area contributed by atoms with E-state index in [2.05, 4.69) is 50.0 Å². The average Bonchev–Trinajstić information content (AvgIpc) is 2.98. The summed E-state index contributed by atoms with van der Waals surface area (Å²) in [6.07, 6.45) is 2.97. The van der Waals surface area contributed by atoms with Crippen molar-refractivity contribution in [1.82, 2.24) is 4.90 Å². The first kappa shape index (κ1) is 34.0. The summed E-state index contributed by atoms with van der Waals surface area (Å²) in [6, 6.07) is 21.3. The highest BCUT2D eigenvalue weighted by Gasteiger charge is 2.49. The zero-order chi connectivity index (χ0) is 34.4. The van der Waals surface area contributed by atoms with Crippen molar-refractivity contribution in [2.24, 2.45) is 10.8 Å². The zero-order valence-corrected chi connectivity index (χ0v) is 29.7. The molecule has 1 N–H and O–H groups in total. The van der Waals surface area contributed by atoms with Crippen LogP contribution in [0.4, 0.5) is 5.69 Å². The third-order valence-corrected chi connectivity index (χ3v) is 10.1. The second-order valence-corrected chi connectivity index (χ2v) is 15.8. The molecule has 6 nitrogen and oxygen atoms in total. The number of ether oxygens (including phenoxy) is 1. The molecule has 1 heterocycles. The van der Waals surface area contributed by atoms with Crippen molar-refractivity contribution >= 4 is 46.4 Å². The molecule has 6 rings (SSSR count). The van der Waals surface area contributed by atoms with Crippen LogP contribution < -0.4 is 10.1 Å². The van der Waals surface area contributed by atoms with Crippen molar-refractivity contribution in [2.75, 3.05) is 18.5 Å². The minimum atomic E-state index is -0.594. The molecule has 8 heteroatoms. The number of benzene rings is 3. The van der Waals surface area contributed by atoms with Gasteiger partial charge in [-0.15, -0.1) is 0 Å². The van der Waals surface area contributed by atoms with E-state index in [1.54, 1.807) is 18.2 Å². The number of aryl methyl sites for hydroxylation is 1. The molecule has 2 aliphatic carbocycles. The van der Waals surface area contributed by atoms with Crippen LogP contribution in [0.5, 0.6) is 5.75 Å². The average molecular weight is 686 g/mol. The summed E-state index contributed by atoms with van der Waals surface area (Å²) in [5.74, 6) is -0.683. The smallest absolute Gasteiger partial charge is 0.262 e. The van der Waals surface area contributed by atoms with E-state index in [9.17, 15) is 14.4 Å². The fourth-order valence-electron chi connectivity index (χ4n) is 7.48. The van der Waals surface area contributed by atoms with Crippen LogP contribution in [0.2, 0.25) is 10.0 Å². The Morgan fingerprint density at radius 2 is 1.42 bits per heavy atom. The van der Waals surface area contributed by atoms with Gasteiger partial charge in [-0.1, -0.05) is 93.4 Å². The summed E-state index contributed by atoms with van der Waals surface area (Å²) >= 11 is 13.6. The normalized spacial score (nSPS) is 18.9. The van der Waals surface area contributed by atoms with Gasteiger partial charge in [-0.2, -0.15) is 0 Å². The van der Waals surface area contributed by atoms with Gasteiger partial charge in [0, 0.05) is 53.5 Å². The Morgan fingerprint density at radius 1 is 0.833 bits per heavy atom. The quantitative estimate of drug-likeness (QED) is 0.256. The number of nitrogens with one attached hydrogen (secondary N) is 1. The van der Waals surface area contributed by atoms with E-state index < -0.39 is 5.92 Å². The maximum atomic E-state index is 14.2. The number of allylic oxidation sites excluding steroid dienone is 4. The van der Waals surface area contributed by atoms with Gasteiger partial charge in [-0.05, 0) is 78.0 Å². The van der Waals surface area contributed by atoms with Crippen molar-refractivity contribution in [3.8, 4) is 5.75 Å². The number of hydrogen-bond acceptors (Lipinski definition) is 5. The van der Waals surface area contributed by atoms with E-state index in [-0.39, 0.29) is 50.7 Å². The van der Waals surface area contributed by atoms with E-state index in [1.165, 1.54) is 5.56 Å². The van der Waals surface area contributed by atoms with Crippen LogP contribution in [0.1, 0.15) is 76.0 Å². The predicted molar refractivity (Wildman–Crippen MR) is 191 cm³/mol. The van der Waals surface area contributed by atoms with Gasteiger partial charge in [0.25, 0.3) is 5.91 Å². The Hall–Kier alpha value is -3.87. The van der Waals surface area contributed by atoms with E-state index in [0.29, 0.717) is 54.6 Å².